The summed E-state index contributed by atoms with van der Waals surface area (Å²) in [7, 11) is 1.46. The molecule has 0 heterocycles. The summed E-state index contributed by atoms with van der Waals surface area (Å²) in [6.45, 7) is -0.0324. The van der Waals surface area contributed by atoms with E-state index < -0.39 is 5.97 Å². The van der Waals surface area contributed by atoms with Crippen molar-refractivity contribution in [2.24, 2.45) is 0 Å². The summed E-state index contributed by atoms with van der Waals surface area (Å²) in [5.74, 6) is -0.495. The van der Waals surface area contributed by atoms with Gasteiger partial charge in [-0.2, -0.15) is 0 Å². The molecule has 0 spiro atoms. The molecule has 0 radical (unpaired) electrons. The van der Waals surface area contributed by atoms with Crippen LogP contribution in [0.2, 0.25) is 5.02 Å². The third kappa shape index (κ3) is 6.29. The summed E-state index contributed by atoms with van der Waals surface area (Å²) in [6.07, 6.45) is 0.494. The van der Waals surface area contributed by atoms with Crippen molar-refractivity contribution in [1.82, 2.24) is 5.32 Å². The number of nitrogens with one attached hydrogen (secondary N) is 1. The van der Waals surface area contributed by atoms with E-state index in [9.17, 15) is 14.7 Å². The minimum absolute atomic E-state index is 0.0127. The van der Waals surface area contributed by atoms with E-state index in [2.05, 4.69) is 5.32 Å². The zero-order valence-corrected chi connectivity index (χ0v) is 15.1. The van der Waals surface area contributed by atoms with Crippen LogP contribution in [-0.2, 0) is 27.3 Å². The molecule has 1 amide bonds. The molecule has 0 bridgehead atoms. The van der Waals surface area contributed by atoms with E-state index in [1.165, 1.54) is 13.2 Å². The van der Waals surface area contributed by atoms with Crippen LogP contribution in [0.25, 0.3) is 0 Å². The molecule has 2 rings (SSSR count). The van der Waals surface area contributed by atoms with Crippen LogP contribution in [0, 0.1) is 0 Å². The second-order valence-corrected chi connectivity index (χ2v) is 6.01. The Morgan fingerprint density at radius 3 is 2.65 bits per heavy atom. The van der Waals surface area contributed by atoms with E-state index in [4.69, 9.17) is 21.1 Å². The molecule has 0 saturated carbocycles. The standard InChI is InChI=1S/C19H20ClNO5/c1-25-17-7-5-13(10-16(17)22)6-8-19(24)26-12-18(23)21-11-14-3-2-4-15(20)9-14/h2-5,7,9-10,22H,6,8,11-12H2,1H3,(H,21,23). The van der Waals surface area contributed by atoms with Gasteiger partial charge in [0.1, 0.15) is 0 Å². The number of carbonyl (C=O) groups is 2. The first-order valence-electron chi connectivity index (χ1n) is 8.00. The lowest BCUT2D eigenvalue weighted by molar-refractivity contribution is -0.148. The van der Waals surface area contributed by atoms with Crippen molar-refractivity contribution in [3.8, 4) is 11.5 Å². The number of aryl methyl sites for hydroxylation is 1. The number of phenols is 1. The van der Waals surface area contributed by atoms with Crippen molar-refractivity contribution < 1.29 is 24.2 Å². The number of ether oxygens (including phenoxy) is 2. The summed E-state index contributed by atoms with van der Waals surface area (Å²) in [5.41, 5.74) is 1.63. The maximum absolute atomic E-state index is 11.7. The van der Waals surface area contributed by atoms with Gasteiger partial charge in [0.05, 0.1) is 7.11 Å². The topological polar surface area (TPSA) is 84.9 Å². The van der Waals surface area contributed by atoms with Crippen LogP contribution in [0.5, 0.6) is 11.5 Å². The molecule has 0 unspecified atom stereocenters. The highest BCUT2D eigenvalue weighted by atomic mass is 35.5. The van der Waals surface area contributed by atoms with Crippen molar-refractivity contribution >= 4 is 23.5 Å². The molecule has 0 aliphatic rings. The number of hydrogen-bond acceptors (Lipinski definition) is 5. The van der Waals surface area contributed by atoms with Crippen molar-refractivity contribution in [2.45, 2.75) is 19.4 Å². The normalized spacial score (nSPS) is 10.2. The number of carbonyl (C=O) groups excluding carboxylic acids is 2. The van der Waals surface area contributed by atoms with Gasteiger partial charge in [-0.05, 0) is 41.8 Å². The van der Waals surface area contributed by atoms with Crippen molar-refractivity contribution in [3.63, 3.8) is 0 Å². The second kappa shape index (κ2) is 9.68. The predicted molar refractivity (Wildman–Crippen MR) is 97.2 cm³/mol. The molecule has 2 aromatic rings. The minimum Gasteiger partial charge on any atom is -0.504 e. The summed E-state index contributed by atoms with van der Waals surface area (Å²) < 4.78 is 9.91. The number of benzene rings is 2. The Labute approximate surface area is 156 Å². The quantitative estimate of drug-likeness (QED) is 0.691. The minimum atomic E-state index is -0.488. The van der Waals surface area contributed by atoms with Gasteiger partial charge in [-0.15, -0.1) is 0 Å². The van der Waals surface area contributed by atoms with Gasteiger partial charge in [0.25, 0.3) is 5.91 Å². The van der Waals surface area contributed by atoms with E-state index in [1.807, 2.05) is 6.07 Å². The monoisotopic (exact) mass is 377 g/mol. The molecule has 0 aromatic heterocycles. The van der Waals surface area contributed by atoms with Gasteiger partial charge in [0, 0.05) is 18.0 Å². The molecular formula is C19H20ClNO5. The van der Waals surface area contributed by atoms with Crippen LogP contribution in [0.3, 0.4) is 0 Å². The lowest BCUT2D eigenvalue weighted by atomic mass is 10.1. The Morgan fingerprint density at radius 1 is 1.15 bits per heavy atom. The molecule has 26 heavy (non-hydrogen) atoms. The number of amides is 1. The van der Waals surface area contributed by atoms with Gasteiger partial charge in [0.2, 0.25) is 0 Å². The van der Waals surface area contributed by atoms with E-state index in [1.54, 1.807) is 30.3 Å². The Hall–Kier alpha value is -2.73. The molecule has 0 saturated heterocycles. The van der Waals surface area contributed by atoms with E-state index in [-0.39, 0.29) is 24.7 Å². The maximum Gasteiger partial charge on any atom is 0.306 e. The van der Waals surface area contributed by atoms with Gasteiger partial charge in [0.15, 0.2) is 18.1 Å². The highest BCUT2D eigenvalue weighted by Gasteiger charge is 2.09. The Balaban J connectivity index is 1.69. The smallest absolute Gasteiger partial charge is 0.306 e. The second-order valence-electron chi connectivity index (χ2n) is 5.57. The van der Waals surface area contributed by atoms with Gasteiger partial charge in [-0.1, -0.05) is 29.8 Å². The Bertz CT molecular complexity index is 778. The van der Waals surface area contributed by atoms with Crippen LogP contribution < -0.4 is 10.1 Å². The van der Waals surface area contributed by atoms with Crippen LogP contribution in [0.4, 0.5) is 0 Å². The first-order valence-corrected chi connectivity index (χ1v) is 8.38. The number of rotatable bonds is 8. The van der Waals surface area contributed by atoms with Crippen LogP contribution in [-0.4, -0.2) is 30.7 Å². The van der Waals surface area contributed by atoms with Crippen molar-refractivity contribution in [3.05, 3.63) is 58.6 Å². The lowest BCUT2D eigenvalue weighted by Gasteiger charge is -2.08. The van der Waals surface area contributed by atoms with Crippen LogP contribution in [0.15, 0.2) is 42.5 Å². The predicted octanol–water partition coefficient (Wildman–Crippen LogP) is 2.85. The highest BCUT2D eigenvalue weighted by Crippen LogP contribution is 2.26. The highest BCUT2D eigenvalue weighted by molar-refractivity contribution is 6.30. The largest absolute Gasteiger partial charge is 0.504 e. The Morgan fingerprint density at radius 2 is 1.96 bits per heavy atom. The number of esters is 1. The average Bonchev–Trinajstić information content (AvgIpc) is 2.63. The fraction of sp³-hybridized carbons (Fsp3) is 0.263. The molecule has 0 aliphatic heterocycles. The number of halogens is 1. The van der Waals surface area contributed by atoms with E-state index in [0.717, 1.165) is 11.1 Å². The molecule has 138 valence electrons. The molecule has 0 atom stereocenters. The molecule has 2 aromatic carbocycles. The third-order valence-electron chi connectivity index (χ3n) is 3.60. The summed E-state index contributed by atoms with van der Waals surface area (Å²) in [6, 6.07) is 12.0. The summed E-state index contributed by atoms with van der Waals surface area (Å²) in [4.78, 5) is 23.5. The fourth-order valence-corrected chi connectivity index (χ4v) is 2.47. The molecule has 7 heteroatoms. The SMILES string of the molecule is COc1ccc(CCC(=O)OCC(=O)NCc2cccc(Cl)c2)cc1O. The fourth-order valence-electron chi connectivity index (χ4n) is 2.25. The number of methoxy groups -OCH3 is 1. The van der Waals surface area contributed by atoms with Gasteiger partial charge in [-0.3, -0.25) is 9.59 Å². The molecule has 0 fully saturated rings. The third-order valence-corrected chi connectivity index (χ3v) is 3.84. The van der Waals surface area contributed by atoms with E-state index in [0.29, 0.717) is 23.7 Å². The number of aromatic hydroxyl groups is 1. The summed E-state index contributed by atoms with van der Waals surface area (Å²) >= 11 is 5.87. The van der Waals surface area contributed by atoms with Crippen LogP contribution >= 0.6 is 11.6 Å². The van der Waals surface area contributed by atoms with Gasteiger partial charge >= 0.3 is 5.97 Å². The Kier molecular flexibility index (Phi) is 7.29. The number of hydrogen-bond donors (Lipinski definition) is 2. The average molecular weight is 378 g/mol. The van der Waals surface area contributed by atoms with E-state index >= 15 is 0 Å². The van der Waals surface area contributed by atoms with Crippen molar-refractivity contribution in [2.75, 3.05) is 13.7 Å². The lowest BCUT2D eigenvalue weighted by Crippen LogP contribution is -2.28. The first-order chi connectivity index (χ1) is 12.5. The zero-order chi connectivity index (χ0) is 18.9. The molecule has 2 N–H and O–H groups in total. The molecule has 0 aliphatic carbocycles. The first kappa shape index (κ1) is 19.6. The molecular weight excluding hydrogens is 358 g/mol. The van der Waals surface area contributed by atoms with Gasteiger partial charge < -0.3 is 19.9 Å². The maximum atomic E-state index is 11.7. The van der Waals surface area contributed by atoms with Crippen molar-refractivity contribution in [1.29, 1.82) is 0 Å². The van der Waals surface area contributed by atoms with Gasteiger partial charge in [-0.25, -0.2) is 0 Å². The summed E-state index contributed by atoms with van der Waals surface area (Å²) in [5, 5.41) is 12.9. The number of phenolic OH excluding ortho intramolecular Hbond substituents is 1. The zero-order valence-electron chi connectivity index (χ0n) is 14.3. The molecule has 6 nitrogen and oxygen atoms in total. The van der Waals surface area contributed by atoms with Crippen LogP contribution in [0.1, 0.15) is 17.5 Å².